The van der Waals surface area contributed by atoms with Crippen LogP contribution in [0.2, 0.25) is 0 Å². The lowest BCUT2D eigenvalue weighted by atomic mass is 10.2. The Kier molecular flexibility index (Phi) is 5.48. The van der Waals surface area contributed by atoms with Gasteiger partial charge in [0.05, 0.1) is 18.0 Å². The standard InChI is InChI=1S/C19H23N3O3/c1-2-25-19(24)18-16(21-12-8-3-4-9-13-21)14-17(23)22(20-18)15-10-6-5-7-11-15/h5-7,10-11,14H,2-4,8-9,12-13H2,1H3. The number of carbonyl (C=O) groups is 1. The third-order valence-corrected chi connectivity index (χ3v) is 4.33. The van der Waals surface area contributed by atoms with Crippen molar-refractivity contribution in [3.63, 3.8) is 0 Å². The predicted octanol–water partition coefficient (Wildman–Crippen LogP) is 2.79. The third-order valence-electron chi connectivity index (χ3n) is 4.33. The fourth-order valence-electron chi connectivity index (χ4n) is 3.10. The van der Waals surface area contributed by atoms with E-state index in [0.717, 1.165) is 25.9 Å². The molecule has 2 aromatic rings. The lowest BCUT2D eigenvalue weighted by molar-refractivity contribution is 0.0518. The zero-order valence-electron chi connectivity index (χ0n) is 14.5. The summed E-state index contributed by atoms with van der Waals surface area (Å²) in [5, 5.41) is 4.35. The van der Waals surface area contributed by atoms with E-state index in [4.69, 9.17) is 4.74 Å². The quantitative estimate of drug-likeness (QED) is 0.800. The Morgan fingerprint density at radius 1 is 1.12 bits per heavy atom. The van der Waals surface area contributed by atoms with E-state index in [-0.39, 0.29) is 17.9 Å². The fraction of sp³-hybridized carbons (Fsp3) is 0.421. The first-order chi connectivity index (χ1) is 12.2. The number of rotatable bonds is 4. The van der Waals surface area contributed by atoms with E-state index in [1.165, 1.54) is 23.6 Å². The first-order valence-corrected chi connectivity index (χ1v) is 8.82. The second-order valence-corrected chi connectivity index (χ2v) is 6.09. The Morgan fingerprint density at radius 2 is 1.80 bits per heavy atom. The van der Waals surface area contributed by atoms with Crippen molar-refractivity contribution in [3.05, 3.63) is 52.4 Å². The van der Waals surface area contributed by atoms with Crippen molar-refractivity contribution < 1.29 is 9.53 Å². The Balaban J connectivity index is 2.09. The molecule has 0 spiro atoms. The number of anilines is 1. The van der Waals surface area contributed by atoms with Gasteiger partial charge in [-0.25, -0.2) is 4.79 Å². The molecule has 6 heteroatoms. The number of para-hydroxylation sites is 1. The minimum absolute atomic E-state index is 0.201. The highest BCUT2D eigenvalue weighted by Crippen LogP contribution is 2.22. The first-order valence-electron chi connectivity index (χ1n) is 8.82. The van der Waals surface area contributed by atoms with Gasteiger partial charge in [-0.2, -0.15) is 9.78 Å². The van der Waals surface area contributed by atoms with Crippen LogP contribution in [0.3, 0.4) is 0 Å². The van der Waals surface area contributed by atoms with Crippen LogP contribution < -0.4 is 10.5 Å². The Morgan fingerprint density at radius 3 is 2.44 bits per heavy atom. The summed E-state index contributed by atoms with van der Waals surface area (Å²) in [6.45, 7) is 3.67. The Labute approximate surface area is 147 Å². The second-order valence-electron chi connectivity index (χ2n) is 6.09. The van der Waals surface area contributed by atoms with Crippen molar-refractivity contribution in [2.75, 3.05) is 24.6 Å². The molecule has 3 rings (SSSR count). The van der Waals surface area contributed by atoms with Crippen molar-refractivity contribution in [3.8, 4) is 5.69 Å². The van der Waals surface area contributed by atoms with Gasteiger partial charge in [-0.3, -0.25) is 4.79 Å². The topological polar surface area (TPSA) is 64.4 Å². The smallest absolute Gasteiger partial charge is 0.360 e. The van der Waals surface area contributed by atoms with Crippen LogP contribution in [-0.2, 0) is 4.74 Å². The molecular formula is C19H23N3O3. The highest BCUT2D eigenvalue weighted by atomic mass is 16.5. The molecule has 2 heterocycles. The summed E-state index contributed by atoms with van der Waals surface area (Å²) < 4.78 is 6.44. The molecule has 6 nitrogen and oxygen atoms in total. The third kappa shape index (κ3) is 3.90. The molecule has 0 saturated carbocycles. The second kappa shape index (κ2) is 7.96. The maximum atomic E-state index is 12.6. The molecule has 0 bridgehead atoms. The number of aromatic nitrogens is 2. The molecule has 1 aliphatic rings. The number of hydrogen-bond acceptors (Lipinski definition) is 5. The van der Waals surface area contributed by atoms with E-state index in [0.29, 0.717) is 11.4 Å². The maximum Gasteiger partial charge on any atom is 0.360 e. The van der Waals surface area contributed by atoms with E-state index < -0.39 is 5.97 Å². The molecule has 1 fully saturated rings. The van der Waals surface area contributed by atoms with Gasteiger partial charge in [0.15, 0.2) is 5.69 Å². The van der Waals surface area contributed by atoms with Crippen molar-refractivity contribution in [2.24, 2.45) is 0 Å². The van der Waals surface area contributed by atoms with Crippen LogP contribution in [0.15, 0.2) is 41.2 Å². The monoisotopic (exact) mass is 341 g/mol. The van der Waals surface area contributed by atoms with Gasteiger partial charge in [-0.15, -0.1) is 0 Å². The SMILES string of the molecule is CCOC(=O)c1nn(-c2ccccc2)c(=O)cc1N1CCCCCC1. The average molecular weight is 341 g/mol. The number of carbonyl (C=O) groups excluding carboxylic acids is 1. The Hall–Kier alpha value is -2.63. The van der Waals surface area contributed by atoms with Crippen LogP contribution in [0.25, 0.3) is 5.69 Å². The van der Waals surface area contributed by atoms with E-state index in [1.54, 1.807) is 19.1 Å². The van der Waals surface area contributed by atoms with Gasteiger partial charge in [0, 0.05) is 19.2 Å². The van der Waals surface area contributed by atoms with Crippen molar-refractivity contribution in [2.45, 2.75) is 32.6 Å². The number of ether oxygens (including phenoxy) is 1. The van der Waals surface area contributed by atoms with E-state index in [2.05, 4.69) is 10.00 Å². The van der Waals surface area contributed by atoms with Crippen LogP contribution >= 0.6 is 0 Å². The predicted molar refractivity (Wildman–Crippen MR) is 96.5 cm³/mol. The molecule has 1 saturated heterocycles. The van der Waals surface area contributed by atoms with Crippen molar-refractivity contribution >= 4 is 11.7 Å². The molecule has 0 unspecified atom stereocenters. The van der Waals surface area contributed by atoms with E-state index in [9.17, 15) is 9.59 Å². The van der Waals surface area contributed by atoms with Gasteiger partial charge in [-0.05, 0) is 31.9 Å². The first kappa shape index (κ1) is 17.2. The number of benzene rings is 1. The lowest BCUT2D eigenvalue weighted by Gasteiger charge is -2.24. The minimum Gasteiger partial charge on any atom is -0.461 e. The summed E-state index contributed by atoms with van der Waals surface area (Å²) in [4.78, 5) is 27.2. The summed E-state index contributed by atoms with van der Waals surface area (Å²) in [7, 11) is 0. The van der Waals surface area contributed by atoms with Crippen LogP contribution in [0, 0.1) is 0 Å². The van der Waals surface area contributed by atoms with Gasteiger partial charge in [0.2, 0.25) is 0 Å². The Bertz CT molecular complexity index is 778. The van der Waals surface area contributed by atoms with Gasteiger partial charge in [0.25, 0.3) is 5.56 Å². The van der Waals surface area contributed by atoms with Gasteiger partial charge < -0.3 is 9.64 Å². The average Bonchev–Trinajstić information content (AvgIpc) is 2.91. The molecule has 1 aromatic heterocycles. The maximum absolute atomic E-state index is 12.6. The largest absolute Gasteiger partial charge is 0.461 e. The fourth-order valence-corrected chi connectivity index (χ4v) is 3.10. The molecule has 0 aliphatic carbocycles. The van der Waals surface area contributed by atoms with Crippen molar-refractivity contribution in [1.82, 2.24) is 9.78 Å². The number of nitrogens with zero attached hydrogens (tertiary/aromatic N) is 3. The van der Waals surface area contributed by atoms with Crippen LogP contribution in [0.5, 0.6) is 0 Å². The van der Waals surface area contributed by atoms with Crippen LogP contribution in [-0.4, -0.2) is 35.4 Å². The van der Waals surface area contributed by atoms with Gasteiger partial charge >= 0.3 is 5.97 Å². The highest BCUT2D eigenvalue weighted by Gasteiger charge is 2.23. The van der Waals surface area contributed by atoms with Gasteiger partial charge in [0.1, 0.15) is 0 Å². The van der Waals surface area contributed by atoms with E-state index >= 15 is 0 Å². The zero-order chi connectivity index (χ0) is 17.6. The molecular weight excluding hydrogens is 318 g/mol. The molecule has 1 aliphatic heterocycles. The zero-order valence-corrected chi connectivity index (χ0v) is 14.5. The lowest BCUT2D eigenvalue weighted by Crippen LogP contribution is -2.32. The normalized spacial score (nSPS) is 14.8. The summed E-state index contributed by atoms with van der Waals surface area (Å²) in [6.07, 6.45) is 4.42. The molecule has 0 amide bonds. The highest BCUT2D eigenvalue weighted by molar-refractivity contribution is 5.93. The van der Waals surface area contributed by atoms with E-state index in [1.807, 2.05) is 18.2 Å². The number of hydrogen-bond donors (Lipinski definition) is 0. The summed E-state index contributed by atoms with van der Waals surface area (Å²) in [5.74, 6) is -0.494. The van der Waals surface area contributed by atoms with Gasteiger partial charge in [-0.1, -0.05) is 31.0 Å². The molecule has 0 atom stereocenters. The summed E-state index contributed by atoms with van der Waals surface area (Å²) in [6, 6.07) is 10.6. The van der Waals surface area contributed by atoms with Crippen molar-refractivity contribution in [1.29, 1.82) is 0 Å². The van der Waals surface area contributed by atoms with Crippen LogP contribution in [0.1, 0.15) is 43.1 Å². The number of esters is 1. The molecule has 1 aromatic carbocycles. The summed E-state index contributed by atoms with van der Waals surface area (Å²) >= 11 is 0. The molecule has 132 valence electrons. The molecule has 25 heavy (non-hydrogen) atoms. The van der Waals surface area contributed by atoms with Crippen LogP contribution in [0.4, 0.5) is 5.69 Å². The minimum atomic E-state index is -0.494. The molecule has 0 N–H and O–H groups in total. The molecule has 0 radical (unpaired) electrons. The summed E-state index contributed by atoms with van der Waals surface area (Å²) in [5.41, 5.74) is 1.16.